The second-order valence-corrected chi connectivity index (χ2v) is 2.58. The molecule has 0 amide bonds. The Morgan fingerprint density at radius 3 is 2.82 bits per heavy atom. The van der Waals surface area contributed by atoms with E-state index in [2.05, 4.69) is 23.6 Å². The average Bonchev–Trinajstić information content (AvgIpc) is 2.07. The molecule has 11 heavy (non-hydrogen) atoms. The first-order valence-corrected chi connectivity index (χ1v) is 4.00. The fourth-order valence-electron chi connectivity index (χ4n) is 1.09. The summed E-state index contributed by atoms with van der Waals surface area (Å²) in [6.07, 6.45) is 7.90. The Morgan fingerprint density at radius 1 is 1.27 bits per heavy atom. The molecule has 0 aromatic carbocycles. The first-order valence-electron chi connectivity index (χ1n) is 4.00. The highest BCUT2D eigenvalue weighted by Crippen LogP contribution is 1.89. The lowest BCUT2D eigenvalue weighted by atomic mass is 10.2. The quantitative estimate of drug-likeness (QED) is 0.561. The largest absolute Gasteiger partial charge is 0.314 e. The number of hydrogen-bond donors (Lipinski definition) is 2. The van der Waals surface area contributed by atoms with Gasteiger partial charge in [-0.2, -0.15) is 0 Å². The molecule has 0 aromatic rings. The molecule has 1 radical (unpaired) electrons. The van der Waals surface area contributed by atoms with Crippen molar-refractivity contribution in [3.05, 3.63) is 31.2 Å². The summed E-state index contributed by atoms with van der Waals surface area (Å²) in [5, 5.41) is 6.68. The van der Waals surface area contributed by atoms with Crippen molar-refractivity contribution >= 4 is 0 Å². The molecule has 1 heterocycles. The van der Waals surface area contributed by atoms with Crippen LogP contribution in [0, 0.1) is 6.92 Å². The van der Waals surface area contributed by atoms with E-state index in [4.69, 9.17) is 0 Å². The summed E-state index contributed by atoms with van der Waals surface area (Å²) >= 11 is 0. The molecule has 1 rings (SSSR count). The lowest BCUT2D eigenvalue weighted by Gasteiger charge is -2.21. The second-order valence-electron chi connectivity index (χ2n) is 2.58. The first-order chi connectivity index (χ1) is 5.43. The minimum absolute atomic E-state index is 0.486. The van der Waals surface area contributed by atoms with Crippen molar-refractivity contribution in [2.24, 2.45) is 0 Å². The van der Waals surface area contributed by atoms with Crippen molar-refractivity contribution in [1.29, 1.82) is 0 Å². The third kappa shape index (κ3) is 3.35. The molecule has 2 heteroatoms. The molecule has 1 unspecified atom stereocenters. The summed E-state index contributed by atoms with van der Waals surface area (Å²) in [7, 11) is 0. The van der Waals surface area contributed by atoms with Crippen LogP contribution in [0.15, 0.2) is 24.3 Å². The van der Waals surface area contributed by atoms with Gasteiger partial charge in [-0.3, -0.25) is 0 Å². The Bertz CT molecular complexity index is 144. The molecule has 1 aliphatic heterocycles. The van der Waals surface area contributed by atoms with Crippen molar-refractivity contribution in [3.8, 4) is 0 Å². The Balaban J connectivity index is 2.23. The normalized spacial score (nSPS) is 26.8. The molecule has 0 saturated carbocycles. The highest BCUT2D eigenvalue weighted by atomic mass is 15.0. The van der Waals surface area contributed by atoms with E-state index in [1.165, 1.54) is 0 Å². The molecule has 2 N–H and O–H groups in total. The standard InChI is InChI=1S/C9H15N2/c1-2-3-4-5-9-8-10-6-7-11-9/h2-5,9-11H,1,6-8H2. The van der Waals surface area contributed by atoms with E-state index in [0.717, 1.165) is 19.6 Å². The van der Waals surface area contributed by atoms with Gasteiger partial charge < -0.3 is 10.6 Å². The van der Waals surface area contributed by atoms with Gasteiger partial charge >= 0.3 is 0 Å². The summed E-state index contributed by atoms with van der Waals surface area (Å²) in [5.41, 5.74) is 0. The zero-order valence-electron chi connectivity index (χ0n) is 6.72. The lowest BCUT2D eigenvalue weighted by molar-refractivity contribution is 0.471. The highest BCUT2D eigenvalue weighted by molar-refractivity contribution is 5.08. The van der Waals surface area contributed by atoms with E-state index in [0.29, 0.717) is 6.04 Å². The third-order valence-electron chi connectivity index (χ3n) is 1.66. The van der Waals surface area contributed by atoms with Gasteiger partial charge in [-0.1, -0.05) is 24.3 Å². The number of rotatable bonds is 2. The van der Waals surface area contributed by atoms with Crippen LogP contribution < -0.4 is 10.6 Å². The van der Waals surface area contributed by atoms with E-state index in [-0.39, 0.29) is 0 Å². The number of piperazine rings is 1. The molecule has 0 aliphatic carbocycles. The van der Waals surface area contributed by atoms with E-state index in [9.17, 15) is 0 Å². The maximum Gasteiger partial charge on any atom is 0.0379 e. The maximum atomic E-state index is 3.60. The molecular weight excluding hydrogens is 136 g/mol. The molecule has 1 aliphatic rings. The number of hydrogen-bond acceptors (Lipinski definition) is 2. The molecular formula is C9H15N2. The SMILES string of the molecule is [CH2]C=CC=CC1CNCCN1. The van der Waals surface area contributed by atoms with Crippen LogP contribution in [-0.4, -0.2) is 25.7 Å². The summed E-state index contributed by atoms with van der Waals surface area (Å²) < 4.78 is 0. The van der Waals surface area contributed by atoms with Gasteiger partial charge in [-0.15, -0.1) is 0 Å². The van der Waals surface area contributed by atoms with Gasteiger partial charge in [-0.05, 0) is 6.92 Å². The summed E-state index contributed by atoms with van der Waals surface area (Å²) in [5.74, 6) is 0. The van der Waals surface area contributed by atoms with Crippen molar-refractivity contribution in [2.75, 3.05) is 19.6 Å². The van der Waals surface area contributed by atoms with Crippen molar-refractivity contribution in [2.45, 2.75) is 6.04 Å². The predicted octanol–water partition coefficient (Wildman–Crippen LogP) is 0.494. The summed E-state index contributed by atoms with van der Waals surface area (Å²) in [6.45, 7) is 6.77. The minimum Gasteiger partial charge on any atom is -0.314 e. The van der Waals surface area contributed by atoms with Crippen LogP contribution in [0.25, 0.3) is 0 Å². The van der Waals surface area contributed by atoms with Gasteiger partial charge in [0.05, 0.1) is 0 Å². The smallest absolute Gasteiger partial charge is 0.0379 e. The molecule has 1 fully saturated rings. The van der Waals surface area contributed by atoms with Gasteiger partial charge in [0.15, 0.2) is 0 Å². The maximum absolute atomic E-state index is 3.60. The number of nitrogens with one attached hydrogen (secondary N) is 2. The zero-order valence-corrected chi connectivity index (χ0v) is 6.72. The van der Waals surface area contributed by atoms with Gasteiger partial charge in [0.1, 0.15) is 0 Å². The van der Waals surface area contributed by atoms with Crippen LogP contribution in [0.1, 0.15) is 0 Å². The van der Waals surface area contributed by atoms with E-state index in [1.807, 2.05) is 12.2 Å². The zero-order chi connectivity index (χ0) is 7.94. The van der Waals surface area contributed by atoms with Crippen LogP contribution in [0.2, 0.25) is 0 Å². The molecule has 1 atom stereocenters. The van der Waals surface area contributed by atoms with E-state index in [1.54, 1.807) is 6.08 Å². The Kier molecular flexibility index (Phi) is 3.94. The third-order valence-corrected chi connectivity index (χ3v) is 1.66. The van der Waals surface area contributed by atoms with Gasteiger partial charge in [0, 0.05) is 25.7 Å². The lowest BCUT2D eigenvalue weighted by Crippen LogP contribution is -2.47. The highest BCUT2D eigenvalue weighted by Gasteiger charge is 2.06. The van der Waals surface area contributed by atoms with Crippen LogP contribution in [0.4, 0.5) is 0 Å². The van der Waals surface area contributed by atoms with Crippen molar-refractivity contribution in [3.63, 3.8) is 0 Å². The molecule has 61 valence electrons. The van der Waals surface area contributed by atoms with Crippen LogP contribution >= 0.6 is 0 Å². The molecule has 0 spiro atoms. The fourth-order valence-corrected chi connectivity index (χ4v) is 1.09. The van der Waals surface area contributed by atoms with Crippen LogP contribution in [-0.2, 0) is 0 Å². The Hall–Kier alpha value is -0.600. The van der Waals surface area contributed by atoms with Crippen molar-refractivity contribution < 1.29 is 0 Å². The molecule has 0 aromatic heterocycles. The fraction of sp³-hybridized carbons (Fsp3) is 0.444. The first kappa shape index (κ1) is 8.50. The number of allylic oxidation sites excluding steroid dienone is 3. The van der Waals surface area contributed by atoms with Gasteiger partial charge in [0.25, 0.3) is 0 Å². The Morgan fingerprint density at radius 2 is 2.18 bits per heavy atom. The Labute approximate surface area is 68.4 Å². The van der Waals surface area contributed by atoms with E-state index < -0.39 is 0 Å². The monoisotopic (exact) mass is 151 g/mol. The average molecular weight is 151 g/mol. The van der Waals surface area contributed by atoms with Crippen LogP contribution in [0.5, 0.6) is 0 Å². The van der Waals surface area contributed by atoms with Gasteiger partial charge in [-0.25, -0.2) is 0 Å². The topological polar surface area (TPSA) is 24.1 Å². The molecule has 0 bridgehead atoms. The summed E-state index contributed by atoms with van der Waals surface area (Å²) in [4.78, 5) is 0. The minimum atomic E-state index is 0.486. The predicted molar refractivity (Wildman–Crippen MR) is 48.3 cm³/mol. The van der Waals surface area contributed by atoms with Crippen molar-refractivity contribution in [1.82, 2.24) is 10.6 Å². The summed E-state index contributed by atoms with van der Waals surface area (Å²) in [6, 6.07) is 0.486. The second kappa shape index (κ2) is 5.10. The molecule has 2 nitrogen and oxygen atoms in total. The van der Waals surface area contributed by atoms with Gasteiger partial charge in [0.2, 0.25) is 0 Å². The van der Waals surface area contributed by atoms with E-state index >= 15 is 0 Å². The molecule has 1 saturated heterocycles. The van der Waals surface area contributed by atoms with Crippen LogP contribution in [0.3, 0.4) is 0 Å².